The van der Waals surface area contributed by atoms with Crippen LogP contribution in [0, 0.1) is 0 Å². The number of anilines is 2. The minimum absolute atomic E-state index is 0.0163. The number of amides is 1. The molecule has 1 heterocycles. The minimum atomic E-state index is -0.0163. The van der Waals surface area contributed by atoms with Gasteiger partial charge in [-0.15, -0.1) is 0 Å². The molecule has 2 rings (SSSR count). The zero-order chi connectivity index (χ0) is 13.0. The van der Waals surface area contributed by atoms with E-state index >= 15 is 0 Å². The molecule has 0 unspecified atom stereocenters. The molecule has 18 heavy (non-hydrogen) atoms. The van der Waals surface area contributed by atoms with Gasteiger partial charge in [0.2, 0.25) is 5.91 Å². The van der Waals surface area contributed by atoms with Crippen molar-refractivity contribution in [2.45, 2.75) is 13.5 Å². The van der Waals surface area contributed by atoms with Crippen molar-refractivity contribution >= 4 is 17.3 Å². The minimum Gasteiger partial charge on any atom is -0.399 e. The maximum absolute atomic E-state index is 11.7. The Labute approximate surface area is 106 Å². The normalized spacial score (nSPS) is 10.1. The van der Waals surface area contributed by atoms with Crippen LogP contribution in [0.25, 0.3) is 0 Å². The fraction of sp³-hybridized carbons (Fsp3) is 0.143. The fourth-order valence-corrected chi connectivity index (χ4v) is 1.75. The van der Waals surface area contributed by atoms with Gasteiger partial charge in [-0.05, 0) is 35.9 Å². The molecule has 4 heteroatoms. The lowest BCUT2D eigenvalue weighted by atomic mass is 10.2. The van der Waals surface area contributed by atoms with E-state index in [-0.39, 0.29) is 5.91 Å². The first kappa shape index (κ1) is 12.1. The van der Waals surface area contributed by atoms with Crippen LogP contribution in [0.4, 0.5) is 11.4 Å². The van der Waals surface area contributed by atoms with Crippen molar-refractivity contribution in [2.75, 3.05) is 10.6 Å². The van der Waals surface area contributed by atoms with E-state index in [4.69, 9.17) is 5.73 Å². The van der Waals surface area contributed by atoms with Gasteiger partial charge >= 0.3 is 0 Å². The van der Waals surface area contributed by atoms with Crippen LogP contribution >= 0.6 is 0 Å². The molecule has 0 aliphatic heterocycles. The summed E-state index contributed by atoms with van der Waals surface area (Å²) in [6, 6.07) is 11.1. The Balaban J connectivity index is 2.27. The largest absolute Gasteiger partial charge is 0.399 e. The first-order valence-corrected chi connectivity index (χ1v) is 5.69. The zero-order valence-electron chi connectivity index (χ0n) is 10.2. The Morgan fingerprint density at radius 2 is 2.00 bits per heavy atom. The fourth-order valence-electron chi connectivity index (χ4n) is 1.75. The highest BCUT2D eigenvalue weighted by Gasteiger charge is 2.11. The maximum atomic E-state index is 11.7. The third-order valence-corrected chi connectivity index (χ3v) is 2.65. The number of carbonyl (C=O) groups excluding carboxylic acids is 1. The van der Waals surface area contributed by atoms with Gasteiger partial charge < -0.3 is 10.6 Å². The van der Waals surface area contributed by atoms with Gasteiger partial charge in [0.05, 0.1) is 6.54 Å². The van der Waals surface area contributed by atoms with Gasteiger partial charge in [-0.1, -0.05) is 6.07 Å². The predicted molar refractivity (Wildman–Crippen MR) is 72.0 cm³/mol. The van der Waals surface area contributed by atoms with Crippen LogP contribution in [0.1, 0.15) is 12.5 Å². The second kappa shape index (κ2) is 5.31. The number of aromatic nitrogens is 1. The van der Waals surface area contributed by atoms with Gasteiger partial charge in [0.1, 0.15) is 0 Å². The van der Waals surface area contributed by atoms with E-state index in [1.165, 1.54) is 0 Å². The molecule has 1 amide bonds. The van der Waals surface area contributed by atoms with Gasteiger partial charge in [0.25, 0.3) is 0 Å². The summed E-state index contributed by atoms with van der Waals surface area (Å²) in [7, 11) is 0. The Kier molecular flexibility index (Phi) is 3.57. The second-order valence-electron chi connectivity index (χ2n) is 4.06. The summed E-state index contributed by atoms with van der Waals surface area (Å²) in [6.07, 6.45) is 3.43. The number of carbonyl (C=O) groups is 1. The molecule has 0 bridgehead atoms. The molecule has 1 aromatic heterocycles. The van der Waals surface area contributed by atoms with Crippen molar-refractivity contribution in [3.63, 3.8) is 0 Å². The molecule has 0 aliphatic carbocycles. The van der Waals surface area contributed by atoms with Crippen LogP contribution in [0.5, 0.6) is 0 Å². The lowest BCUT2D eigenvalue weighted by molar-refractivity contribution is -0.116. The molecule has 0 aliphatic rings. The Morgan fingerprint density at radius 1 is 1.28 bits per heavy atom. The number of pyridine rings is 1. The number of hydrogen-bond donors (Lipinski definition) is 1. The quantitative estimate of drug-likeness (QED) is 0.838. The molecule has 1 aromatic carbocycles. The summed E-state index contributed by atoms with van der Waals surface area (Å²) >= 11 is 0. The van der Waals surface area contributed by atoms with Gasteiger partial charge in [-0.3, -0.25) is 9.78 Å². The van der Waals surface area contributed by atoms with E-state index in [1.807, 2.05) is 24.3 Å². The highest BCUT2D eigenvalue weighted by atomic mass is 16.2. The van der Waals surface area contributed by atoms with Gasteiger partial charge in [-0.25, -0.2) is 0 Å². The average molecular weight is 241 g/mol. The molecule has 0 saturated carbocycles. The average Bonchev–Trinajstić information content (AvgIpc) is 2.37. The van der Waals surface area contributed by atoms with Crippen molar-refractivity contribution in [1.82, 2.24) is 4.98 Å². The molecule has 0 radical (unpaired) electrons. The first-order chi connectivity index (χ1) is 8.66. The number of nitrogens with zero attached hydrogens (tertiary/aromatic N) is 2. The molecule has 0 spiro atoms. The van der Waals surface area contributed by atoms with Crippen LogP contribution in [0.15, 0.2) is 48.8 Å². The molecule has 4 nitrogen and oxygen atoms in total. The van der Waals surface area contributed by atoms with Crippen LogP contribution in [0.3, 0.4) is 0 Å². The number of benzene rings is 1. The van der Waals surface area contributed by atoms with E-state index in [0.29, 0.717) is 12.2 Å². The number of nitrogen functional groups attached to an aromatic ring is 1. The molecule has 0 fully saturated rings. The summed E-state index contributed by atoms with van der Waals surface area (Å²) in [5, 5.41) is 0. The van der Waals surface area contributed by atoms with Crippen molar-refractivity contribution in [3.05, 3.63) is 54.4 Å². The van der Waals surface area contributed by atoms with Gasteiger partial charge in [0.15, 0.2) is 0 Å². The van der Waals surface area contributed by atoms with Gasteiger partial charge in [0, 0.05) is 30.7 Å². The highest BCUT2D eigenvalue weighted by molar-refractivity contribution is 5.91. The predicted octanol–water partition coefficient (Wildman–Crippen LogP) is 2.22. The summed E-state index contributed by atoms with van der Waals surface area (Å²) in [6.45, 7) is 2.06. The molecular formula is C14H15N3O. The summed E-state index contributed by atoms with van der Waals surface area (Å²) < 4.78 is 0. The zero-order valence-corrected chi connectivity index (χ0v) is 10.2. The number of hydrogen-bond acceptors (Lipinski definition) is 3. The lowest BCUT2D eigenvalue weighted by Gasteiger charge is -2.21. The van der Waals surface area contributed by atoms with E-state index in [1.54, 1.807) is 36.4 Å². The Hall–Kier alpha value is -2.36. The molecule has 0 saturated heterocycles. The molecule has 0 atom stereocenters. The SMILES string of the molecule is CC(=O)N(Cc1ccncc1)c1cccc(N)c1. The summed E-state index contributed by atoms with van der Waals surface area (Å²) in [4.78, 5) is 17.4. The third-order valence-electron chi connectivity index (χ3n) is 2.65. The first-order valence-electron chi connectivity index (χ1n) is 5.69. The van der Waals surface area contributed by atoms with Crippen LogP contribution in [0.2, 0.25) is 0 Å². The standard InChI is InChI=1S/C14H15N3O/c1-11(18)17(10-12-5-7-16-8-6-12)14-4-2-3-13(15)9-14/h2-9H,10,15H2,1H3. The lowest BCUT2D eigenvalue weighted by Crippen LogP contribution is -2.27. The van der Waals surface area contributed by atoms with Crippen LogP contribution in [-0.2, 0) is 11.3 Å². The Morgan fingerprint density at radius 3 is 2.61 bits per heavy atom. The van der Waals surface area contributed by atoms with E-state index in [9.17, 15) is 4.79 Å². The van der Waals surface area contributed by atoms with Crippen molar-refractivity contribution in [3.8, 4) is 0 Å². The number of rotatable bonds is 3. The summed E-state index contributed by atoms with van der Waals surface area (Å²) in [5.74, 6) is -0.0163. The van der Waals surface area contributed by atoms with Crippen molar-refractivity contribution < 1.29 is 4.79 Å². The van der Waals surface area contributed by atoms with E-state index in [0.717, 1.165) is 11.3 Å². The highest BCUT2D eigenvalue weighted by Crippen LogP contribution is 2.19. The summed E-state index contributed by atoms with van der Waals surface area (Å²) in [5.41, 5.74) is 8.22. The Bertz CT molecular complexity index is 540. The van der Waals surface area contributed by atoms with E-state index < -0.39 is 0 Å². The molecular weight excluding hydrogens is 226 g/mol. The van der Waals surface area contributed by atoms with E-state index in [2.05, 4.69) is 4.98 Å². The van der Waals surface area contributed by atoms with Crippen molar-refractivity contribution in [2.24, 2.45) is 0 Å². The van der Waals surface area contributed by atoms with Crippen LogP contribution < -0.4 is 10.6 Å². The maximum Gasteiger partial charge on any atom is 0.224 e. The third kappa shape index (κ3) is 2.85. The molecule has 2 aromatic rings. The number of nitrogens with two attached hydrogens (primary N) is 1. The topological polar surface area (TPSA) is 59.2 Å². The second-order valence-corrected chi connectivity index (χ2v) is 4.06. The molecule has 2 N–H and O–H groups in total. The van der Waals surface area contributed by atoms with Gasteiger partial charge in [-0.2, -0.15) is 0 Å². The smallest absolute Gasteiger partial charge is 0.224 e. The van der Waals surface area contributed by atoms with Crippen molar-refractivity contribution in [1.29, 1.82) is 0 Å². The monoisotopic (exact) mass is 241 g/mol. The van der Waals surface area contributed by atoms with Crippen LogP contribution in [-0.4, -0.2) is 10.9 Å². The molecule has 92 valence electrons.